The van der Waals surface area contributed by atoms with Crippen molar-refractivity contribution < 1.29 is 18.9 Å². The van der Waals surface area contributed by atoms with Gasteiger partial charge in [-0.1, -0.05) is 17.7 Å². The van der Waals surface area contributed by atoms with Gasteiger partial charge >= 0.3 is 0 Å². The summed E-state index contributed by atoms with van der Waals surface area (Å²) in [6, 6.07) is 11.0. The zero-order valence-corrected chi connectivity index (χ0v) is 17.2. The molecule has 1 fully saturated rings. The number of ether oxygens (including phenoxy) is 4. The molecule has 1 heterocycles. The third-order valence-electron chi connectivity index (χ3n) is 4.84. The van der Waals surface area contributed by atoms with Crippen molar-refractivity contribution in [2.45, 2.75) is 12.6 Å². The van der Waals surface area contributed by atoms with Crippen LogP contribution in [0.3, 0.4) is 0 Å². The zero-order chi connectivity index (χ0) is 20.8. The Morgan fingerprint density at radius 2 is 2.07 bits per heavy atom. The largest absolute Gasteiger partial charge is 0.497 e. The van der Waals surface area contributed by atoms with Gasteiger partial charge in [-0.3, -0.25) is 4.90 Å². The van der Waals surface area contributed by atoms with E-state index in [1.54, 1.807) is 20.3 Å². The lowest BCUT2D eigenvalue weighted by Crippen LogP contribution is -2.48. The fourth-order valence-electron chi connectivity index (χ4n) is 3.23. The van der Waals surface area contributed by atoms with E-state index in [0.29, 0.717) is 48.4 Å². The van der Waals surface area contributed by atoms with Gasteiger partial charge in [-0.15, -0.1) is 0 Å². The van der Waals surface area contributed by atoms with E-state index in [1.165, 1.54) is 6.07 Å². The highest BCUT2D eigenvalue weighted by atomic mass is 35.5. The van der Waals surface area contributed by atoms with Gasteiger partial charge in [0.25, 0.3) is 0 Å². The van der Waals surface area contributed by atoms with Crippen LogP contribution in [-0.2, 0) is 11.3 Å². The number of halogens is 1. The molecule has 0 aliphatic carbocycles. The van der Waals surface area contributed by atoms with Crippen molar-refractivity contribution in [2.75, 3.05) is 46.3 Å². The van der Waals surface area contributed by atoms with Crippen LogP contribution in [-0.4, -0.2) is 51.5 Å². The lowest BCUT2D eigenvalue weighted by atomic mass is 10.1. The maximum atomic E-state index is 9.13. The summed E-state index contributed by atoms with van der Waals surface area (Å²) >= 11 is 6.24. The number of nitrogen functional groups attached to an aromatic ring is 1. The summed E-state index contributed by atoms with van der Waals surface area (Å²) in [5.41, 5.74) is 7.64. The predicted octanol–water partition coefficient (Wildman–Crippen LogP) is 3.09. The van der Waals surface area contributed by atoms with Crippen LogP contribution in [0.4, 0.5) is 5.69 Å². The van der Waals surface area contributed by atoms with Gasteiger partial charge in [0.1, 0.15) is 28.9 Å². The average molecular weight is 418 g/mol. The number of rotatable bonds is 7. The minimum absolute atomic E-state index is 0.0126. The van der Waals surface area contributed by atoms with Crippen molar-refractivity contribution in [3.8, 4) is 23.3 Å². The first-order valence-corrected chi connectivity index (χ1v) is 9.58. The minimum atomic E-state index is 0.0126. The Bertz CT molecular complexity index is 900. The smallest absolute Gasteiger partial charge is 0.141 e. The van der Waals surface area contributed by atoms with Gasteiger partial charge in [-0.05, 0) is 18.2 Å². The second-order valence-corrected chi connectivity index (χ2v) is 7.06. The first-order chi connectivity index (χ1) is 14.0. The number of nitrogens with two attached hydrogens (primary N) is 1. The second kappa shape index (κ2) is 9.70. The molecule has 1 saturated heterocycles. The van der Waals surface area contributed by atoms with Crippen molar-refractivity contribution in [1.29, 1.82) is 5.26 Å². The van der Waals surface area contributed by atoms with Crippen molar-refractivity contribution in [3.05, 3.63) is 46.5 Å². The summed E-state index contributed by atoms with van der Waals surface area (Å²) in [7, 11) is 3.27. The highest BCUT2D eigenvalue weighted by Gasteiger charge is 2.25. The van der Waals surface area contributed by atoms with E-state index in [2.05, 4.69) is 11.0 Å². The Morgan fingerprint density at radius 3 is 2.79 bits per heavy atom. The van der Waals surface area contributed by atoms with Crippen LogP contribution < -0.4 is 19.9 Å². The molecular weight excluding hydrogens is 394 g/mol. The van der Waals surface area contributed by atoms with E-state index in [0.717, 1.165) is 23.6 Å². The van der Waals surface area contributed by atoms with Gasteiger partial charge in [0, 0.05) is 24.7 Å². The third-order valence-corrected chi connectivity index (χ3v) is 5.25. The van der Waals surface area contributed by atoms with Gasteiger partial charge in [-0.2, -0.15) is 5.26 Å². The Balaban J connectivity index is 1.73. The first kappa shape index (κ1) is 21.1. The molecular formula is C21H24ClN3O4. The van der Waals surface area contributed by atoms with E-state index in [-0.39, 0.29) is 6.04 Å². The molecule has 3 rings (SSSR count). The quantitative estimate of drug-likeness (QED) is 0.692. The molecule has 8 heteroatoms. The number of nitriles is 1. The zero-order valence-electron chi connectivity index (χ0n) is 16.5. The monoisotopic (exact) mass is 417 g/mol. The molecule has 29 heavy (non-hydrogen) atoms. The fraction of sp³-hybridized carbons (Fsp3) is 0.381. The molecule has 0 aromatic heterocycles. The minimum Gasteiger partial charge on any atom is -0.497 e. The highest BCUT2D eigenvalue weighted by Crippen LogP contribution is 2.32. The van der Waals surface area contributed by atoms with Crippen molar-refractivity contribution in [2.24, 2.45) is 0 Å². The van der Waals surface area contributed by atoms with Crippen molar-refractivity contribution in [1.82, 2.24) is 4.90 Å². The molecule has 1 aliphatic rings. The molecule has 1 unspecified atom stereocenters. The number of nitrogens with zero attached hydrogens (tertiary/aromatic N) is 2. The van der Waals surface area contributed by atoms with E-state index >= 15 is 0 Å². The van der Waals surface area contributed by atoms with Crippen LogP contribution in [0, 0.1) is 11.3 Å². The Hall–Kier alpha value is -2.66. The number of hydrogen-bond acceptors (Lipinski definition) is 7. The molecule has 1 aliphatic heterocycles. The summed E-state index contributed by atoms with van der Waals surface area (Å²) in [4.78, 5) is 2.28. The van der Waals surface area contributed by atoms with Crippen LogP contribution >= 0.6 is 11.6 Å². The summed E-state index contributed by atoms with van der Waals surface area (Å²) < 4.78 is 22.4. The van der Waals surface area contributed by atoms with Gasteiger partial charge in [-0.25, -0.2) is 0 Å². The molecule has 0 saturated carbocycles. The summed E-state index contributed by atoms with van der Waals surface area (Å²) in [5, 5.41) is 9.44. The van der Waals surface area contributed by atoms with Crippen LogP contribution in [0.15, 0.2) is 30.3 Å². The van der Waals surface area contributed by atoms with Crippen LogP contribution in [0.5, 0.6) is 17.2 Å². The maximum Gasteiger partial charge on any atom is 0.141 e. The van der Waals surface area contributed by atoms with Gasteiger partial charge in [0.2, 0.25) is 0 Å². The van der Waals surface area contributed by atoms with Gasteiger partial charge < -0.3 is 24.7 Å². The molecule has 2 aromatic rings. The normalized spacial score (nSPS) is 16.8. The number of hydrogen-bond donors (Lipinski definition) is 1. The highest BCUT2D eigenvalue weighted by molar-refractivity contribution is 6.34. The summed E-state index contributed by atoms with van der Waals surface area (Å²) in [6.45, 7) is 2.97. The lowest BCUT2D eigenvalue weighted by Gasteiger charge is -2.35. The summed E-state index contributed by atoms with van der Waals surface area (Å²) in [6.07, 6.45) is 0. The fourth-order valence-corrected chi connectivity index (χ4v) is 3.39. The Morgan fingerprint density at radius 1 is 1.24 bits per heavy atom. The predicted molar refractivity (Wildman–Crippen MR) is 111 cm³/mol. The molecule has 0 spiro atoms. The SMILES string of the molecule is COc1ccc(CN2CCOCC2COc2cc(C#N)cc(N)c2Cl)c(OC)c1. The van der Waals surface area contributed by atoms with Gasteiger partial charge in [0.05, 0.1) is 50.8 Å². The summed E-state index contributed by atoms with van der Waals surface area (Å²) in [5.74, 6) is 1.92. The molecule has 0 bridgehead atoms. The molecule has 154 valence electrons. The van der Waals surface area contributed by atoms with E-state index in [4.69, 9.17) is 41.5 Å². The average Bonchev–Trinajstić information content (AvgIpc) is 2.75. The van der Waals surface area contributed by atoms with Crippen LogP contribution in [0.25, 0.3) is 0 Å². The second-order valence-electron chi connectivity index (χ2n) is 6.68. The third kappa shape index (κ3) is 5.04. The van der Waals surface area contributed by atoms with Gasteiger partial charge in [0.15, 0.2) is 0 Å². The van der Waals surface area contributed by atoms with E-state index in [9.17, 15) is 0 Å². The van der Waals surface area contributed by atoms with E-state index in [1.807, 2.05) is 18.2 Å². The van der Waals surface area contributed by atoms with Crippen molar-refractivity contribution in [3.63, 3.8) is 0 Å². The number of anilines is 1. The standard InChI is InChI=1S/C21H24ClN3O4/c1-26-17-4-3-15(19(9-17)27-2)11-25-5-6-28-12-16(25)13-29-20-8-14(10-23)7-18(24)21(20)22/h3-4,7-9,16H,5-6,11-13,24H2,1-2H3. The Kier molecular flexibility index (Phi) is 7.04. The molecule has 7 nitrogen and oxygen atoms in total. The van der Waals surface area contributed by atoms with Crippen molar-refractivity contribution >= 4 is 17.3 Å². The number of methoxy groups -OCH3 is 2. The first-order valence-electron chi connectivity index (χ1n) is 9.20. The number of morpholine rings is 1. The maximum absolute atomic E-state index is 9.13. The molecule has 2 aromatic carbocycles. The molecule has 0 radical (unpaired) electrons. The topological polar surface area (TPSA) is 90.0 Å². The lowest BCUT2D eigenvalue weighted by molar-refractivity contribution is -0.0276. The Labute approximate surface area is 175 Å². The number of benzene rings is 2. The van der Waals surface area contributed by atoms with Crippen LogP contribution in [0.1, 0.15) is 11.1 Å². The molecule has 1 atom stereocenters. The van der Waals surface area contributed by atoms with E-state index < -0.39 is 0 Å². The molecule has 0 amide bonds. The van der Waals surface area contributed by atoms with Crippen LogP contribution in [0.2, 0.25) is 5.02 Å². The molecule has 2 N–H and O–H groups in total.